The molecule has 0 heterocycles. The second kappa shape index (κ2) is 9.13. The summed E-state index contributed by atoms with van der Waals surface area (Å²) in [7, 11) is 0. The van der Waals surface area contributed by atoms with Gasteiger partial charge < -0.3 is 5.32 Å². The molecule has 4 nitrogen and oxygen atoms in total. The molecule has 0 aliphatic rings. The molecule has 0 fully saturated rings. The summed E-state index contributed by atoms with van der Waals surface area (Å²) < 4.78 is 0.856. The number of nitrogens with one attached hydrogen (secondary N) is 1. The number of carbonyl (C=O) groups excluding carboxylic acids is 3. The number of Topliss-reactive ketones (excluding diaryl/α,β-unsaturated/α-hetero) is 2. The predicted octanol–water partition coefficient (Wildman–Crippen LogP) is 5.32. The van der Waals surface area contributed by atoms with Crippen LogP contribution in [0, 0.1) is 0 Å². The van der Waals surface area contributed by atoms with Crippen LogP contribution in [-0.4, -0.2) is 17.5 Å². The van der Waals surface area contributed by atoms with Gasteiger partial charge in [0.25, 0.3) is 0 Å². The fourth-order valence-electron chi connectivity index (χ4n) is 2.06. The van der Waals surface area contributed by atoms with Gasteiger partial charge in [0.2, 0.25) is 5.91 Å². The fourth-order valence-corrected chi connectivity index (χ4v) is 2.62. The second-order valence-electron chi connectivity index (χ2n) is 5.32. The Kier molecular flexibility index (Phi) is 7.17. The third-order valence-electron chi connectivity index (χ3n) is 3.36. The fraction of sp³-hybridized carbons (Fsp3) is 0.167. The minimum absolute atomic E-state index is 0.00454. The molecule has 2 aromatic rings. The molecule has 0 saturated heterocycles. The van der Waals surface area contributed by atoms with E-state index in [9.17, 15) is 14.4 Å². The smallest absolute Gasteiger partial charge is 0.224 e. The number of carbonyl (C=O) groups is 3. The van der Waals surface area contributed by atoms with E-state index in [1.165, 1.54) is 6.07 Å². The summed E-state index contributed by atoms with van der Waals surface area (Å²) in [5.74, 6) is -0.873. The van der Waals surface area contributed by atoms with Gasteiger partial charge in [0.1, 0.15) is 5.78 Å². The maximum Gasteiger partial charge on any atom is 0.224 e. The van der Waals surface area contributed by atoms with Gasteiger partial charge in [-0.1, -0.05) is 51.3 Å². The molecule has 7 heteroatoms. The van der Waals surface area contributed by atoms with E-state index in [0.717, 1.165) is 4.47 Å². The van der Waals surface area contributed by atoms with Gasteiger partial charge in [-0.25, -0.2) is 0 Å². The van der Waals surface area contributed by atoms with Crippen molar-refractivity contribution in [3.63, 3.8) is 0 Å². The zero-order chi connectivity index (χ0) is 18.4. The molecule has 0 bridgehead atoms. The van der Waals surface area contributed by atoms with Crippen molar-refractivity contribution in [1.29, 1.82) is 0 Å². The highest BCUT2D eigenvalue weighted by molar-refractivity contribution is 9.10. The molecule has 2 aromatic carbocycles. The van der Waals surface area contributed by atoms with Gasteiger partial charge in [-0.15, -0.1) is 0 Å². The highest BCUT2D eigenvalue weighted by Gasteiger charge is 2.14. The van der Waals surface area contributed by atoms with Gasteiger partial charge in [-0.2, -0.15) is 0 Å². The molecule has 0 aliphatic carbocycles. The van der Waals surface area contributed by atoms with E-state index in [-0.39, 0.29) is 36.7 Å². The highest BCUT2D eigenvalue weighted by Crippen LogP contribution is 2.25. The summed E-state index contributed by atoms with van der Waals surface area (Å²) in [5, 5.41) is 3.35. The van der Waals surface area contributed by atoms with Crippen LogP contribution in [0.1, 0.15) is 29.6 Å². The van der Waals surface area contributed by atoms with Crippen LogP contribution in [0.15, 0.2) is 46.9 Å². The van der Waals surface area contributed by atoms with E-state index in [0.29, 0.717) is 21.3 Å². The second-order valence-corrected chi connectivity index (χ2v) is 7.05. The molecule has 0 atom stereocenters. The van der Waals surface area contributed by atoms with Crippen LogP contribution in [-0.2, 0) is 9.59 Å². The lowest BCUT2D eigenvalue weighted by atomic mass is 10.0. The molecular formula is C18H14BrCl2NO3. The van der Waals surface area contributed by atoms with Crippen molar-refractivity contribution >= 4 is 62.3 Å². The first kappa shape index (κ1) is 19.6. The first-order valence-electron chi connectivity index (χ1n) is 7.40. The van der Waals surface area contributed by atoms with Gasteiger partial charge in [0, 0.05) is 28.6 Å². The standard InChI is InChI=1S/C18H14BrCl2NO3/c19-12-3-1-11(2-4-12)17(24)10-14(23)6-8-18(25)22-13-5-7-15(20)16(21)9-13/h1-5,7,9H,6,8,10H2,(H,22,25). The number of hydrogen-bond acceptors (Lipinski definition) is 3. The molecule has 0 aromatic heterocycles. The number of benzene rings is 2. The van der Waals surface area contributed by atoms with E-state index in [1.54, 1.807) is 36.4 Å². The Bertz CT molecular complexity index is 806. The SMILES string of the molecule is O=C(CCC(=O)Nc1ccc(Cl)c(Cl)c1)CC(=O)c1ccc(Br)cc1. The molecule has 1 N–H and O–H groups in total. The minimum Gasteiger partial charge on any atom is -0.326 e. The van der Waals surface area contributed by atoms with Crippen LogP contribution in [0.3, 0.4) is 0 Å². The zero-order valence-electron chi connectivity index (χ0n) is 13.0. The van der Waals surface area contributed by atoms with Crippen LogP contribution < -0.4 is 5.32 Å². The van der Waals surface area contributed by atoms with E-state index in [2.05, 4.69) is 21.2 Å². The van der Waals surface area contributed by atoms with E-state index in [4.69, 9.17) is 23.2 Å². The van der Waals surface area contributed by atoms with Crippen LogP contribution >= 0.6 is 39.1 Å². The van der Waals surface area contributed by atoms with Crippen LogP contribution in [0.25, 0.3) is 0 Å². The monoisotopic (exact) mass is 441 g/mol. The van der Waals surface area contributed by atoms with Crippen molar-refractivity contribution in [1.82, 2.24) is 0 Å². The first-order chi connectivity index (χ1) is 11.8. The zero-order valence-corrected chi connectivity index (χ0v) is 16.1. The number of hydrogen-bond donors (Lipinski definition) is 1. The lowest BCUT2D eigenvalue weighted by Gasteiger charge is -2.06. The van der Waals surface area contributed by atoms with Crippen molar-refractivity contribution < 1.29 is 14.4 Å². The van der Waals surface area contributed by atoms with Crippen molar-refractivity contribution in [3.8, 4) is 0 Å². The highest BCUT2D eigenvalue weighted by atomic mass is 79.9. The summed E-state index contributed by atoms with van der Waals surface area (Å²) in [6.45, 7) is 0. The van der Waals surface area contributed by atoms with Gasteiger partial charge in [-0.3, -0.25) is 14.4 Å². The summed E-state index contributed by atoms with van der Waals surface area (Å²) >= 11 is 15.0. The number of amides is 1. The summed E-state index contributed by atoms with van der Waals surface area (Å²) in [4.78, 5) is 35.8. The average Bonchev–Trinajstić information content (AvgIpc) is 2.57. The quantitative estimate of drug-likeness (QED) is 0.466. The van der Waals surface area contributed by atoms with Crippen molar-refractivity contribution in [3.05, 3.63) is 62.5 Å². The maximum atomic E-state index is 12.0. The molecule has 2 rings (SSSR count). The van der Waals surface area contributed by atoms with Gasteiger partial charge in [0.15, 0.2) is 5.78 Å². The van der Waals surface area contributed by atoms with Gasteiger partial charge >= 0.3 is 0 Å². The van der Waals surface area contributed by atoms with Gasteiger partial charge in [0.05, 0.1) is 16.5 Å². The number of ketones is 2. The van der Waals surface area contributed by atoms with E-state index < -0.39 is 0 Å². The lowest BCUT2D eigenvalue weighted by Crippen LogP contribution is -2.15. The Labute approximate surface area is 163 Å². The summed E-state index contributed by atoms with van der Waals surface area (Å²) in [6.07, 6.45) is -0.232. The van der Waals surface area contributed by atoms with E-state index >= 15 is 0 Å². The molecule has 0 unspecified atom stereocenters. The Morgan fingerprint density at radius 2 is 1.60 bits per heavy atom. The maximum absolute atomic E-state index is 12.0. The van der Waals surface area contributed by atoms with Gasteiger partial charge in [-0.05, 0) is 30.3 Å². The topological polar surface area (TPSA) is 63.2 Å². The molecule has 1 amide bonds. The molecule has 130 valence electrons. The molecule has 0 spiro atoms. The van der Waals surface area contributed by atoms with Crippen LogP contribution in [0.4, 0.5) is 5.69 Å². The van der Waals surface area contributed by atoms with Crippen LogP contribution in [0.2, 0.25) is 10.0 Å². The van der Waals surface area contributed by atoms with Crippen LogP contribution in [0.5, 0.6) is 0 Å². The number of rotatable bonds is 7. The van der Waals surface area contributed by atoms with E-state index in [1.807, 2.05) is 0 Å². The third-order valence-corrected chi connectivity index (χ3v) is 4.63. The Morgan fingerprint density at radius 3 is 2.24 bits per heavy atom. The number of halogens is 3. The number of anilines is 1. The third kappa shape index (κ3) is 6.27. The largest absolute Gasteiger partial charge is 0.326 e. The Morgan fingerprint density at radius 1 is 0.920 bits per heavy atom. The van der Waals surface area contributed by atoms with Crippen molar-refractivity contribution in [2.24, 2.45) is 0 Å². The van der Waals surface area contributed by atoms with Crippen molar-refractivity contribution in [2.75, 3.05) is 5.32 Å². The first-order valence-corrected chi connectivity index (χ1v) is 8.95. The molecular weight excluding hydrogens is 429 g/mol. The summed E-state index contributed by atoms with van der Waals surface area (Å²) in [6, 6.07) is 11.5. The minimum atomic E-state index is -0.331. The normalized spacial score (nSPS) is 10.4. The molecule has 0 saturated carbocycles. The predicted molar refractivity (Wildman–Crippen MR) is 102 cm³/mol. The Balaban J connectivity index is 1.80. The average molecular weight is 443 g/mol. The Hall–Kier alpha value is -1.69. The van der Waals surface area contributed by atoms with Crippen molar-refractivity contribution in [2.45, 2.75) is 19.3 Å². The molecule has 0 aliphatic heterocycles. The lowest BCUT2D eigenvalue weighted by molar-refractivity contribution is -0.122. The molecule has 25 heavy (non-hydrogen) atoms. The summed E-state index contributed by atoms with van der Waals surface area (Å²) in [5.41, 5.74) is 0.967. The molecule has 0 radical (unpaired) electrons.